The van der Waals surface area contributed by atoms with Crippen LogP contribution in [0.25, 0.3) is 11.0 Å². The van der Waals surface area contributed by atoms with E-state index in [1.165, 1.54) is 5.56 Å². The zero-order chi connectivity index (χ0) is 16.7. The number of hydrogen-bond acceptors (Lipinski definition) is 5. The molecular weight excluding hydrogens is 324 g/mol. The number of hydrogen-bond donors (Lipinski definition) is 1. The Hall–Kier alpha value is -2.18. The molecule has 3 heterocycles. The quantitative estimate of drug-likeness (QED) is 0.793. The van der Waals surface area contributed by atoms with Crippen molar-refractivity contribution < 1.29 is 0 Å². The lowest BCUT2D eigenvalue weighted by molar-refractivity contribution is 0.309. The van der Waals surface area contributed by atoms with E-state index in [2.05, 4.69) is 44.5 Å². The van der Waals surface area contributed by atoms with Crippen LogP contribution >= 0.6 is 11.6 Å². The van der Waals surface area contributed by atoms with Gasteiger partial charge in [0.25, 0.3) is 0 Å². The molecule has 24 heavy (non-hydrogen) atoms. The molecule has 124 valence electrons. The fourth-order valence-electron chi connectivity index (χ4n) is 3.50. The van der Waals surface area contributed by atoms with Crippen LogP contribution in [0.4, 0.5) is 5.82 Å². The number of halogens is 1. The van der Waals surface area contributed by atoms with Crippen molar-refractivity contribution in [3.8, 4) is 0 Å². The first kappa shape index (κ1) is 15.4. The number of benzene rings is 1. The average molecular weight is 343 g/mol. The van der Waals surface area contributed by atoms with Gasteiger partial charge < -0.3 is 5.32 Å². The normalized spacial score (nSPS) is 21.5. The lowest BCUT2D eigenvalue weighted by atomic mass is 10.00. The minimum absolute atomic E-state index is 0.273. The van der Waals surface area contributed by atoms with E-state index in [0.717, 1.165) is 34.8 Å². The Morgan fingerprint density at radius 1 is 1.17 bits per heavy atom. The molecule has 7 heteroatoms. The Morgan fingerprint density at radius 3 is 2.75 bits per heavy atom. The summed E-state index contributed by atoms with van der Waals surface area (Å²) in [6.45, 7) is 1.03. The van der Waals surface area contributed by atoms with Gasteiger partial charge in [-0.2, -0.15) is 5.10 Å². The molecule has 6 nitrogen and oxygen atoms in total. The largest absolute Gasteiger partial charge is 0.365 e. The van der Waals surface area contributed by atoms with E-state index >= 15 is 0 Å². The Morgan fingerprint density at radius 2 is 1.96 bits per heavy atom. The van der Waals surface area contributed by atoms with Gasteiger partial charge in [-0.15, -0.1) is 0 Å². The van der Waals surface area contributed by atoms with Crippen LogP contribution in [-0.4, -0.2) is 44.3 Å². The predicted octanol–water partition coefficient (Wildman–Crippen LogP) is 2.87. The second-order valence-electron chi connectivity index (χ2n) is 6.24. The van der Waals surface area contributed by atoms with E-state index in [1.54, 1.807) is 11.0 Å². The maximum absolute atomic E-state index is 6.03. The van der Waals surface area contributed by atoms with Crippen LogP contribution < -0.4 is 5.32 Å². The van der Waals surface area contributed by atoms with Gasteiger partial charge in [-0.25, -0.2) is 9.97 Å². The number of anilines is 1. The third-order valence-corrected chi connectivity index (χ3v) is 4.96. The van der Waals surface area contributed by atoms with Gasteiger partial charge in [0.1, 0.15) is 12.1 Å². The van der Waals surface area contributed by atoms with Crippen LogP contribution in [0.1, 0.15) is 18.0 Å². The molecule has 1 aliphatic rings. The number of fused-ring (bicyclic) bond motifs is 1. The molecule has 2 aromatic heterocycles. The molecule has 1 aromatic carbocycles. The number of rotatable bonds is 3. The number of nitrogens with one attached hydrogen (secondary N) is 1. The van der Waals surface area contributed by atoms with Crippen molar-refractivity contribution in [2.24, 2.45) is 7.05 Å². The predicted molar refractivity (Wildman–Crippen MR) is 95.2 cm³/mol. The summed E-state index contributed by atoms with van der Waals surface area (Å²) in [5.74, 6) is 0.840. The van der Waals surface area contributed by atoms with E-state index in [-0.39, 0.29) is 12.1 Å². The molecular formula is C17H19ClN6. The maximum Gasteiger partial charge on any atom is 0.163 e. The highest BCUT2D eigenvalue weighted by molar-refractivity contribution is 6.30. The molecule has 1 saturated heterocycles. The lowest BCUT2D eigenvalue weighted by Crippen LogP contribution is -2.29. The average Bonchev–Trinajstić information content (AvgIpc) is 3.13. The summed E-state index contributed by atoms with van der Waals surface area (Å²) < 4.78 is 1.76. The van der Waals surface area contributed by atoms with Crippen molar-refractivity contribution in [2.75, 3.05) is 18.9 Å². The maximum atomic E-state index is 6.03. The highest BCUT2D eigenvalue weighted by Crippen LogP contribution is 2.34. The Labute approximate surface area is 145 Å². The number of aromatic nitrogens is 4. The highest BCUT2D eigenvalue weighted by atomic mass is 35.5. The summed E-state index contributed by atoms with van der Waals surface area (Å²) in [5, 5.41) is 9.60. The molecule has 3 aromatic rings. The molecule has 2 atom stereocenters. The van der Waals surface area contributed by atoms with Gasteiger partial charge in [-0.3, -0.25) is 9.58 Å². The summed E-state index contributed by atoms with van der Waals surface area (Å²) in [4.78, 5) is 11.1. The summed E-state index contributed by atoms with van der Waals surface area (Å²) in [5.41, 5.74) is 2.09. The third kappa shape index (κ3) is 2.61. The van der Waals surface area contributed by atoms with Crippen LogP contribution in [0.15, 0.2) is 36.8 Å². The van der Waals surface area contributed by atoms with Crippen molar-refractivity contribution in [3.05, 3.63) is 47.4 Å². The fourth-order valence-corrected chi connectivity index (χ4v) is 3.62. The van der Waals surface area contributed by atoms with Crippen molar-refractivity contribution in [3.63, 3.8) is 0 Å². The first-order chi connectivity index (χ1) is 11.6. The number of likely N-dealkylation sites (tertiary alicyclic amines) is 1. The molecule has 1 aliphatic heterocycles. The first-order valence-electron chi connectivity index (χ1n) is 7.98. The van der Waals surface area contributed by atoms with Crippen LogP contribution in [0.2, 0.25) is 5.02 Å². The van der Waals surface area contributed by atoms with E-state index in [0.29, 0.717) is 0 Å². The fraction of sp³-hybridized carbons (Fsp3) is 0.353. The Kier molecular flexibility index (Phi) is 3.86. The highest BCUT2D eigenvalue weighted by Gasteiger charge is 2.33. The second-order valence-corrected chi connectivity index (χ2v) is 6.68. The molecule has 4 rings (SSSR count). The van der Waals surface area contributed by atoms with Crippen LogP contribution in [0, 0.1) is 0 Å². The van der Waals surface area contributed by atoms with Crippen molar-refractivity contribution in [1.82, 2.24) is 24.6 Å². The van der Waals surface area contributed by atoms with Gasteiger partial charge in [-0.05, 0) is 31.2 Å². The van der Waals surface area contributed by atoms with Crippen molar-refractivity contribution in [2.45, 2.75) is 18.5 Å². The van der Waals surface area contributed by atoms with Gasteiger partial charge in [0.15, 0.2) is 5.65 Å². The second kappa shape index (κ2) is 6.03. The van der Waals surface area contributed by atoms with Gasteiger partial charge in [-0.1, -0.05) is 23.7 Å². The van der Waals surface area contributed by atoms with Crippen LogP contribution in [-0.2, 0) is 7.05 Å². The molecule has 0 spiro atoms. The minimum atomic E-state index is 0.273. The molecule has 1 fully saturated rings. The smallest absolute Gasteiger partial charge is 0.163 e. The number of likely N-dealkylation sites (N-methyl/N-ethyl adjacent to an activating group) is 1. The Balaban J connectivity index is 1.66. The SMILES string of the molecule is CN1CC[C@H](Nc2ncnc3c2cnn3C)[C@H]1c1ccc(Cl)cc1. The van der Waals surface area contributed by atoms with Gasteiger partial charge in [0, 0.05) is 24.7 Å². The molecule has 0 aliphatic carbocycles. The van der Waals surface area contributed by atoms with Crippen LogP contribution in [0.5, 0.6) is 0 Å². The zero-order valence-corrected chi connectivity index (χ0v) is 14.4. The lowest BCUT2D eigenvalue weighted by Gasteiger charge is -2.26. The number of nitrogens with zero attached hydrogens (tertiary/aromatic N) is 5. The Bertz CT molecular complexity index is 859. The van der Waals surface area contributed by atoms with Crippen molar-refractivity contribution >= 4 is 28.5 Å². The van der Waals surface area contributed by atoms with Crippen molar-refractivity contribution in [1.29, 1.82) is 0 Å². The monoisotopic (exact) mass is 342 g/mol. The van der Waals surface area contributed by atoms with Crippen LogP contribution in [0.3, 0.4) is 0 Å². The zero-order valence-electron chi connectivity index (χ0n) is 13.6. The molecule has 0 bridgehead atoms. The van der Waals surface area contributed by atoms with Gasteiger partial charge >= 0.3 is 0 Å². The van der Waals surface area contributed by atoms with E-state index in [1.807, 2.05) is 25.4 Å². The first-order valence-corrected chi connectivity index (χ1v) is 8.36. The molecule has 1 N–H and O–H groups in total. The molecule has 0 unspecified atom stereocenters. The third-order valence-electron chi connectivity index (χ3n) is 4.71. The van der Waals surface area contributed by atoms with E-state index in [9.17, 15) is 0 Å². The summed E-state index contributed by atoms with van der Waals surface area (Å²) in [6.07, 6.45) is 4.45. The summed E-state index contributed by atoms with van der Waals surface area (Å²) >= 11 is 6.03. The molecule has 0 amide bonds. The molecule has 0 saturated carbocycles. The minimum Gasteiger partial charge on any atom is -0.365 e. The molecule has 0 radical (unpaired) electrons. The van der Waals surface area contributed by atoms with E-state index < -0.39 is 0 Å². The number of aryl methyl sites for hydroxylation is 1. The summed E-state index contributed by atoms with van der Waals surface area (Å²) in [6, 6.07) is 8.65. The standard InChI is InChI=1S/C17H19ClN6/c1-23-8-7-14(15(23)11-3-5-12(18)6-4-11)22-16-13-9-21-24(2)17(13)20-10-19-16/h3-6,9-10,14-15H,7-8H2,1-2H3,(H,19,20,22)/t14-,15+/m0/s1. The van der Waals surface area contributed by atoms with E-state index in [4.69, 9.17) is 11.6 Å². The van der Waals surface area contributed by atoms with Gasteiger partial charge in [0.05, 0.1) is 17.6 Å². The van der Waals surface area contributed by atoms with Gasteiger partial charge in [0.2, 0.25) is 0 Å². The topological polar surface area (TPSA) is 58.9 Å². The summed E-state index contributed by atoms with van der Waals surface area (Å²) in [7, 11) is 4.04.